The SMILES string of the molecule is CCNC(CCCSCC)c1ccccc1. The van der Waals surface area contributed by atoms with Gasteiger partial charge in [-0.3, -0.25) is 0 Å². The lowest BCUT2D eigenvalue weighted by molar-refractivity contribution is 0.511. The van der Waals surface area contributed by atoms with E-state index in [9.17, 15) is 0 Å². The smallest absolute Gasteiger partial charge is 0.0320 e. The van der Waals surface area contributed by atoms with Gasteiger partial charge < -0.3 is 5.32 Å². The third-order valence-corrected chi connectivity index (χ3v) is 3.62. The molecule has 0 fully saturated rings. The van der Waals surface area contributed by atoms with Gasteiger partial charge in [0.05, 0.1) is 0 Å². The van der Waals surface area contributed by atoms with Crippen molar-refractivity contribution in [3.8, 4) is 0 Å². The second-order valence-electron chi connectivity index (χ2n) is 3.86. The Morgan fingerprint density at radius 3 is 2.56 bits per heavy atom. The minimum absolute atomic E-state index is 0.531. The van der Waals surface area contributed by atoms with Gasteiger partial charge in [0.2, 0.25) is 0 Å². The van der Waals surface area contributed by atoms with Crippen molar-refractivity contribution in [2.45, 2.75) is 32.7 Å². The van der Waals surface area contributed by atoms with Crippen molar-refractivity contribution >= 4 is 11.8 Å². The fraction of sp³-hybridized carbons (Fsp3) is 0.571. The number of hydrogen-bond acceptors (Lipinski definition) is 2. The van der Waals surface area contributed by atoms with Crippen LogP contribution in [0.4, 0.5) is 0 Å². The summed E-state index contributed by atoms with van der Waals surface area (Å²) in [5.74, 6) is 2.52. The topological polar surface area (TPSA) is 12.0 Å². The summed E-state index contributed by atoms with van der Waals surface area (Å²) in [6.07, 6.45) is 2.54. The van der Waals surface area contributed by atoms with Crippen molar-refractivity contribution in [3.63, 3.8) is 0 Å². The number of rotatable bonds is 8. The van der Waals surface area contributed by atoms with Crippen molar-refractivity contribution in [1.82, 2.24) is 5.32 Å². The number of nitrogens with one attached hydrogen (secondary N) is 1. The lowest BCUT2D eigenvalue weighted by Gasteiger charge is -2.18. The molecule has 0 spiro atoms. The molecule has 0 bridgehead atoms. The molecule has 0 saturated carbocycles. The quantitative estimate of drug-likeness (QED) is 0.689. The molecule has 90 valence electrons. The van der Waals surface area contributed by atoms with Gasteiger partial charge in [0.15, 0.2) is 0 Å². The van der Waals surface area contributed by atoms with Crippen LogP contribution in [0, 0.1) is 0 Å². The van der Waals surface area contributed by atoms with E-state index in [0.29, 0.717) is 6.04 Å². The minimum atomic E-state index is 0.531. The summed E-state index contributed by atoms with van der Waals surface area (Å²) in [5, 5.41) is 3.57. The van der Waals surface area contributed by atoms with E-state index in [1.807, 2.05) is 11.8 Å². The maximum absolute atomic E-state index is 3.57. The van der Waals surface area contributed by atoms with Crippen molar-refractivity contribution in [1.29, 1.82) is 0 Å². The number of hydrogen-bond donors (Lipinski definition) is 1. The van der Waals surface area contributed by atoms with E-state index in [1.54, 1.807) is 0 Å². The van der Waals surface area contributed by atoms with E-state index >= 15 is 0 Å². The molecule has 0 radical (unpaired) electrons. The van der Waals surface area contributed by atoms with E-state index in [1.165, 1.54) is 29.9 Å². The van der Waals surface area contributed by atoms with Crippen LogP contribution in [-0.2, 0) is 0 Å². The van der Waals surface area contributed by atoms with E-state index in [0.717, 1.165) is 6.54 Å². The minimum Gasteiger partial charge on any atom is -0.310 e. The van der Waals surface area contributed by atoms with Gasteiger partial charge >= 0.3 is 0 Å². The molecule has 1 unspecified atom stereocenters. The van der Waals surface area contributed by atoms with Crippen LogP contribution in [0.5, 0.6) is 0 Å². The normalized spacial score (nSPS) is 12.6. The highest BCUT2D eigenvalue weighted by Crippen LogP contribution is 2.19. The molecule has 16 heavy (non-hydrogen) atoms. The van der Waals surface area contributed by atoms with Crippen LogP contribution in [0.3, 0.4) is 0 Å². The van der Waals surface area contributed by atoms with E-state index in [4.69, 9.17) is 0 Å². The van der Waals surface area contributed by atoms with Crippen molar-refractivity contribution < 1.29 is 0 Å². The Labute approximate surface area is 104 Å². The Balaban J connectivity index is 2.41. The van der Waals surface area contributed by atoms with Gasteiger partial charge in [-0.1, -0.05) is 44.2 Å². The Morgan fingerprint density at radius 1 is 1.19 bits per heavy atom. The Hall–Kier alpha value is -0.470. The molecule has 0 saturated heterocycles. The summed E-state index contributed by atoms with van der Waals surface area (Å²) in [4.78, 5) is 0. The fourth-order valence-electron chi connectivity index (χ4n) is 1.85. The second-order valence-corrected chi connectivity index (χ2v) is 5.25. The zero-order valence-corrected chi connectivity index (χ0v) is 11.2. The number of thioether (sulfide) groups is 1. The molecule has 0 aliphatic heterocycles. The predicted molar refractivity (Wildman–Crippen MR) is 75.1 cm³/mol. The Kier molecular flexibility index (Phi) is 7.35. The molecule has 0 heterocycles. The highest BCUT2D eigenvalue weighted by molar-refractivity contribution is 7.99. The maximum atomic E-state index is 3.57. The predicted octanol–water partition coefficient (Wildman–Crippen LogP) is 3.87. The molecule has 1 aromatic rings. The summed E-state index contributed by atoms with van der Waals surface area (Å²) in [7, 11) is 0. The third kappa shape index (κ3) is 5.04. The monoisotopic (exact) mass is 237 g/mol. The molecule has 1 aromatic carbocycles. The average Bonchev–Trinajstić information content (AvgIpc) is 2.34. The lowest BCUT2D eigenvalue weighted by Crippen LogP contribution is -2.20. The summed E-state index contributed by atoms with van der Waals surface area (Å²) in [5.41, 5.74) is 1.42. The first kappa shape index (κ1) is 13.6. The highest BCUT2D eigenvalue weighted by atomic mass is 32.2. The zero-order valence-electron chi connectivity index (χ0n) is 10.4. The maximum Gasteiger partial charge on any atom is 0.0320 e. The number of benzene rings is 1. The molecule has 1 rings (SSSR count). The van der Waals surface area contributed by atoms with Crippen LogP contribution < -0.4 is 5.32 Å². The lowest BCUT2D eigenvalue weighted by atomic mass is 10.0. The molecule has 0 amide bonds. The third-order valence-electron chi connectivity index (χ3n) is 2.64. The standard InChI is InChI=1S/C14H23NS/c1-3-15-14(11-8-12-16-4-2)13-9-6-5-7-10-13/h5-7,9-10,14-15H,3-4,8,11-12H2,1-2H3. The van der Waals surface area contributed by atoms with Crippen LogP contribution in [0.2, 0.25) is 0 Å². The molecule has 1 atom stereocenters. The largest absolute Gasteiger partial charge is 0.310 e. The van der Waals surface area contributed by atoms with Crippen LogP contribution in [0.1, 0.15) is 38.3 Å². The Morgan fingerprint density at radius 2 is 1.94 bits per heavy atom. The van der Waals surface area contributed by atoms with Gasteiger partial charge in [-0.15, -0.1) is 0 Å². The highest BCUT2D eigenvalue weighted by Gasteiger charge is 2.08. The first-order valence-electron chi connectivity index (χ1n) is 6.24. The molecular weight excluding hydrogens is 214 g/mol. The second kappa shape index (κ2) is 8.66. The fourth-order valence-corrected chi connectivity index (χ4v) is 2.51. The van der Waals surface area contributed by atoms with Crippen LogP contribution >= 0.6 is 11.8 Å². The molecule has 2 heteroatoms. The molecule has 1 N–H and O–H groups in total. The van der Waals surface area contributed by atoms with Gasteiger partial charge in [-0.2, -0.15) is 11.8 Å². The first-order valence-corrected chi connectivity index (χ1v) is 7.40. The molecule has 1 nitrogen and oxygen atoms in total. The van der Waals surface area contributed by atoms with Gasteiger partial charge in [0.1, 0.15) is 0 Å². The van der Waals surface area contributed by atoms with E-state index < -0.39 is 0 Å². The van der Waals surface area contributed by atoms with E-state index in [2.05, 4.69) is 49.5 Å². The summed E-state index contributed by atoms with van der Waals surface area (Å²) < 4.78 is 0. The van der Waals surface area contributed by atoms with Crippen LogP contribution in [0.15, 0.2) is 30.3 Å². The first-order chi connectivity index (χ1) is 7.88. The van der Waals surface area contributed by atoms with Gasteiger partial charge in [-0.25, -0.2) is 0 Å². The average molecular weight is 237 g/mol. The van der Waals surface area contributed by atoms with Gasteiger partial charge in [0.25, 0.3) is 0 Å². The van der Waals surface area contributed by atoms with E-state index in [-0.39, 0.29) is 0 Å². The Bertz CT molecular complexity index is 261. The summed E-state index contributed by atoms with van der Waals surface area (Å²) >= 11 is 2.04. The summed E-state index contributed by atoms with van der Waals surface area (Å²) in [6.45, 7) is 5.45. The molecule has 0 aromatic heterocycles. The van der Waals surface area contributed by atoms with Crippen molar-refractivity contribution in [3.05, 3.63) is 35.9 Å². The van der Waals surface area contributed by atoms with Crippen molar-refractivity contribution in [2.75, 3.05) is 18.1 Å². The van der Waals surface area contributed by atoms with Gasteiger partial charge in [-0.05, 0) is 36.5 Å². The molecule has 0 aliphatic rings. The summed E-state index contributed by atoms with van der Waals surface area (Å²) in [6, 6.07) is 11.3. The van der Waals surface area contributed by atoms with Crippen molar-refractivity contribution in [2.24, 2.45) is 0 Å². The molecular formula is C14H23NS. The zero-order chi connectivity index (χ0) is 11.6. The molecule has 0 aliphatic carbocycles. The van der Waals surface area contributed by atoms with Gasteiger partial charge in [0, 0.05) is 6.04 Å². The van der Waals surface area contributed by atoms with Crippen LogP contribution in [0.25, 0.3) is 0 Å². The van der Waals surface area contributed by atoms with Crippen LogP contribution in [-0.4, -0.2) is 18.1 Å².